The topological polar surface area (TPSA) is 19.7 Å². The molecule has 0 fully saturated rings. The summed E-state index contributed by atoms with van der Waals surface area (Å²) in [5.41, 5.74) is 12.8. The zero-order valence-electron chi connectivity index (χ0n) is 32.6. The molecule has 3 aliphatic rings. The third-order valence-electron chi connectivity index (χ3n) is 12.6. The van der Waals surface area contributed by atoms with E-state index < -0.39 is 0 Å². The van der Waals surface area contributed by atoms with Crippen molar-refractivity contribution >= 4 is 87.2 Å². The Morgan fingerprint density at radius 1 is 0.339 bits per heavy atom. The highest BCUT2D eigenvalue weighted by molar-refractivity contribution is 6.19. The second-order valence-corrected chi connectivity index (χ2v) is 16.1. The molecule has 8 aromatic rings. The molecular weight excluding hydrogens is 681 g/mol. The molecule has 0 atom stereocenters. The van der Waals surface area contributed by atoms with Gasteiger partial charge in [0, 0.05) is 23.9 Å². The van der Waals surface area contributed by atoms with Crippen molar-refractivity contribution in [1.82, 2.24) is 18.3 Å². The second-order valence-electron chi connectivity index (χ2n) is 16.1. The fourth-order valence-electron chi connectivity index (χ4n) is 9.97. The summed E-state index contributed by atoms with van der Waals surface area (Å²) in [5.74, 6) is 0. The van der Waals surface area contributed by atoms with Crippen LogP contribution in [-0.4, -0.2) is 18.3 Å². The molecule has 8 aromatic carbocycles. The summed E-state index contributed by atoms with van der Waals surface area (Å²) in [4.78, 5) is 0. The number of rotatable bonds is 10. The number of aryl methyl sites for hydroxylation is 2. The number of hydrogen-bond acceptors (Lipinski definition) is 0. The van der Waals surface area contributed by atoms with Gasteiger partial charge in [-0.1, -0.05) is 149 Å². The first-order valence-corrected chi connectivity index (χ1v) is 21.1. The van der Waals surface area contributed by atoms with Crippen LogP contribution >= 0.6 is 0 Å². The van der Waals surface area contributed by atoms with Crippen LogP contribution in [-0.2, 0) is 13.1 Å². The van der Waals surface area contributed by atoms with E-state index in [4.69, 9.17) is 0 Å². The van der Waals surface area contributed by atoms with Crippen molar-refractivity contribution in [2.75, 3.05) is 0 Å². The Morgan fingerprint density at radius 2 is 0.679 bits per heavy atom. The molecule has 276 valence electrons. The van der Waals surface area contributed by atoms with Crippen molar-refractivity contribution in [3.05, 3.63) is 133 Å². The van der Waals surface area contributed by atoms with Gasteiger partial charge in [-0.2, -0.15) is 0 Å². The zero-order valence-corrected chi connectivity index (χ0v) is 32.6. The molecule has 4 nitrogen and oxygen atoms in total. The van der Waals surface area contributed by atoms with Gasteiger partial charge in [-0.05, 0) is 81.6 Å². The Balaban J connectivity index is 1.45. The molecule has 11 rings (SSSR count). The fourth-order valence-corrected chi connectivity index (χ4v) is 9.97. The lowest BCUT2D eigenvalue weighted by atomic mass is 9.98. The van der Waals surface area contributed by atoms with E-state index >= 15 is 0 Å². The van der Waals surface area contributed by atoms with Crippen LogP contribution in [0, 0.1) is 0 Å². The minimum absolute atomic E-state index is 0.977. The predicted molar refractivity (Wildman–Crippen MR) is 241 cm³/mol. The molecule has 56 heavy (non-hydrogen) atoms. The molecular formula is C52H48N4. The number of hydrogen-bond donors (Lipinski definition) is 0. The van der Waals surface area contributed by atoms with E-state index in [1.807, 2.05) is 0 Å². The van der Waals surface area contributed by atoms with Gasteiger partial charge >= 0.3 is 0 Å². The van der Waals surface area contributed by atoms with Gasteiger partial charge in [0.15, 0.2) is 0 Å². The van der Waals surface area contributed by atoms with E-state index in [2.05, 4.69) is 166 Å². The predicted octanol–water partition coefficient (Wildman–Crippen LogP) is 14.7. The van der Waals surface area contributed by atoms with Crippen molar-refractivity contribution in [3.8, 4) is 11.4 Å². The monoisotopic (exact) mass is 728 g/mol. The minimum atomic E-state index is 0.977. The van der Waals surface area contributed by atoms with Crippen LogP contribution in [0.3, 0.4) is 0 Å². The summed E-state index contributed by atoms with van der Waals surface area (Å²) in [6.45, 7) is 6.57. The smallest absolute Gasteiger partial charge is 0.0951 e. The highest BCUT2D eigenvalue weighted by Crippen LogP contribution is 2.48. The molecule has 0 N–H and O–H groups in total. The summed E-state index contributed by atoms with van der Waals surface area (Å²) < 4.78 is 10.7. The maximum Gasteiger partial charge on any atom is 0.0951 e. The highest BCUT2D eigenvalue weighted by Gasteiger charge is 2.30. The highest BCUT2D eigenvalue weighted by atomic mass is 15.2. The average molecular weight is 729 g/mol. The second kappa shape index (κ2) is 13.3. The van der Waals surface area contributed by atoms with Crippen LogP contribution in [0.1, 0.15) is 65.2 Å². The Morgan fingerprint density at radius 3 is 1.07 bits per heavy atom. The van der Waals surface area contributed by atoms with Gasteiger partial charge in [-0.3, -0.25) is 0 Å². The van der Waals surface area contributed by atoms with Gasteiger partial charge in [-0.25, -0.2) is 0 Å². The van der Waals surface area contributed by atoms with Gasteiger partial charge in [0.05, 0.1) is 55.5 Å². The number of aromatic nitrogens is 4. The lowest BCUT2D eigenvalue weighted by Crippen LogP contribution is -2.21. The third-order valence-corrected chi connectivity index (χ3v) is 12.6. The van der Waals surface area contributed by atoms with Crippen LogP contribution in [0.5, 0.6) is 0 Å². The Labute approximate surface area is 327 Å². The Kier molecular flexibility index (Phi) is 7.94. The molecule has 0 aliphatic carbocycles. The first-order valence-electron chi connectivity index (χ1n) is 21.1. The van der Waals surface area contributed by atoms with Gasteiger partial charge in [0.2, 0.25) is 0 Å². The molecule has 0 unspecified atom stereocenters. The lowest BCUT2D eigenvalue weighted by Gasteiger charge is -2.34. The van der Waals surface area contributed by atoms with Crippen molar-refractivity contribution in [2.24, 2.45) is 0 Å². The molecule has 0 spiro atoms. The van der Waals surface area contributed by atoms with Crippen LogP contribution in [0.4, 0.5) is 0 Å². The maximum absolute atomic E-state index is 2.68. The van der Waals surface area contributed by atoms with Crippen molar-refractivity contribution < 1.29 is 0 Å². The van der Waals surface area contributed by atoms with E-state index in [1.54, 1.807) is 0 Å². The Bertz CT molecular complexity index is 3020. The van der Waals surface area contributed by atoms with E-state index in [9.17, 15) is 0 Å². The fraction of sp³-hybridized carbons (Fsp3) is 0.231. The van der Waals surface area contributed by atoms with Crippen molar-refractivity contribution in [3.63, 3.8) is 0 Å². The van der Waals surface area contributed by atoms with E-state index in [0.29, 0.717) is 0 Å². The van der Waals surface area contributed by atoms with Crippen LogP contribution in [0.15, 0.2) is 133 Å². The number of fused-ring (bicyclic) bond motifs is 12. The van der Waals surface area contributed by atoms with Gasteiger partial charge in [0.1, 0.15) is 0 Å². The van der Waals surface area contributed by atoms with Crippen molar-refractivity contribution in [1.29, 1.82) is 0 Å². The standard InChI is InChI=1S/C52H48N4/c1-3-5-7-17-27-53-43-29-35-19-9-11-21-37(35)31-45(43)55-50-42-26-16-14-24-40(42)34-48-52(50)56(49-41-25-15-13-23-39(41)33-47(53)51(49)55)46-32-38-22-12-10-20-36(38)30-44(46)54(48)28-18-8-6-4-2/h9-16,19-26,29-34H,3-8,17-18,27-28H2,1-2H3. The molecule has 0 amide bonds. The molecule has 3 aliphatic heterocycles. The number of benzene rings is 8. The van der Waals surface area contributed by atoms with Crippen LogP contribution in [0.25, 0.3) is 98.6 Å². The minimum Gasteiger partial charge on any atom is -0.338 e. The summed E-state index contributed by atoms with van der Waals surface area (Å²) >= 11 is 0. The molecule has 3 heterocycles. The molecule has 0 saturated carbocycles. The normalized spacial score (nSPS) is 12.5. The largest absolute Gasteiger partial charge is 0.338 e. The van der Waals surface area contributed by atoms with Crippen LogP contribution < -0.4 is 0 Å². The lowest BCUT2D eigenvalue weighted by molar-refractivity contribution is 0.598. The molecule has 0 radical (unpaired) electrons. The third kappa shape index (κ3) is 4.97. The summed E-state index contributed by atoms with van der Waals surface area (Å²) in [6.07, 6.45) is 9.73. The molecule has 4 heteroatoms. The van der Waals surface area contributed by atoms with Gasteiger partial charge in [0.25, 0.3) is 0 Å². The van der Waals surface area contributed by atoms with E-state index in [1.165, 1.54) is 137 Å². The summed E-state index contributed by atoms with van der Waals surface area (Å²) in [7, 11) is 0. The zero-order chi connectivity index (χ0) is 37.3. The molecule has 0 bridgehead atoms. The first kappa shape index (κ1) is 33.3. The molecule has 0 aromatic heterocycles. The van der Waals surface area contributed by atoms with Gasteiger partial charge < -0.3 is 18.3 Å². The first-order chi connectivity index (χ1) is 27.7. The van der Waals surface area contributed by atoms with Crippen LogP contribution in [0.2, 0.25) is 0 Å². The van der Waals surface area contributed by atoms with Gasteiger partial charge in [-0.15, -0.1) is 0 Å². The van der Waals surface area contributed by atoms with E-state index in [0.717, 1.165) is 25.9 Å². The van der Waals surface area contributed by atoms with Crippen molar-refractivity contribution in [2.45, 2.75) is 78.3 Å². The van der Waals surface area contributed by atoms with E-state index in [-0.39, 0.29) is 0 Å². The number of unbranched alkanes of at least 4 members (excludes halogenated alkanes) is 6. The Hall–Kier alpha value is -6.00. The summed E-state index contributed by atoms with van der Waals surface area (Å²) in [5, 5.41) is 10.2. The quantitative estimate of drug-likeness (QED) is 0.0759. The number of nitrogens with zero attached hydrogens (tertiary/aromatic N) is 4. The molecule has 0 saturated heterocycles. The summed E-state index contributed by atoms with van der Waals surface area (Å²) in [6, 6.07) is 50.9. The SMILES string of the molecule is CCCCCCn1c2cc3ccccc3c3c2-n(c2cc4ccccc4cc21)c1c2c(cc4ccccc41)n(CCCCCC)c1cc4ccccc4cc1n3-2. The average Bonchev–Trinajstić information content (AvgIpc) is 3.24. The maximum atomic E-state index is 2.68.